The van der Waals surface area contributed by atoms with Crippen LogP contribution in [0.15, 0.2) is 11.8 Å². The molecule has 0 aromatic heterocycles. The third kappa shape index (κ3) is 5.67. The van der Waals surface area contributed by atoms with Crippen molar-refractivity contribution in [2.45, 2.75) is 39.5 Å². The molecule has 0 aliphatic rings. The van der Waals surface area contributed by atoms with E-state index in [2.05, 4.69) is 13.8 Å². The normalized spacial score (nSPS) is 12.0. The zero-order chi connectivity index (χ0) is 7.82. The van der Waals surface area contributed by atoms with Crippen molar-refractivity contribution < 1.29 is 5.11 Å². The highest BCUT2D eigenvalue weighted by atomic mass is 16.3. The molecule has 0 unspecified atom stereocenters. The number of aliphatic hydroxyl groups is 1. The fraction of sp³-hybridized carbons (Fsp3) is 0.667. The van der Waals surface area contributed by atoms with Gasteiger partial charge in [-0.1, -0.05) is 26.7 Å². The third-order valence-electron chi connectivity index (χ3n) is 1.28. The molecule has 0 aromatic carbocycles. The summed E-state index contributed by atoms with van der Waals surface area (Å²) >= 11 is 0. The second-order valence-electron chi connectivity index (χ2n) is 2.41. The first kappa shape index (κ1) is 9.54. The van der Waals surface area contributed by atoms with Gasteiger partial charge in [-0.25, -0.2) is 0 Å². The van der Waals surface area contributed by atoms with Crippen molar-refractivity contribution in [2.75, 3.05) is 0 Å². The summed E-state index contributed by atoms with van der Waals surface area (Å²) in [5, 5.41) is 9.12. The highest BCUT2D eigenvalue weighted by Gasteiger charge is 1.90. The number of hydrogen-bond donors (Lipinski definition) is 1. The Kier molecular flexibility index (Phi) is 6.35. The minimum atomic E-state index is 0.448. The van der Waals surface area contributed by atoms with Crippen LogP contribution in [0.1, 0.15) is 39.5 Å². The van der Waals surface area contributed by atoms with E-state index in [0.717, 1.165) is 25.7 Å². The van der Waals surface area contributed by atoms with Crippen LogP contribution >= 0.6 is 0 Å². The summed E-state index contributed by atoms with van der Waals surface area (Å²) in [5.74, 6) is 0.448. The number of hydrogen-bond acceptors (Lipinski definition) is 1. The molecule has 0 spiro atoms. The Labute approximate surface area is 63.8 Å². The Balaban J connectivity index is 3.30. The van der Waals surface area contributed by atoms with Crippen molar-refractivity contribution in [3.63, 3.8) is 0 Å². The van der Waals surface area contributed by atoms with Gasteiger partial charge in [-0.2, -0.15) is 0 Å². The molecule has 0 aliphatic heterocycles. The Morgan fingerprint density at radius 1 is 1.20 bits per heavy atom. The molecule has 1 nitrogen and oxygen atoms in total. The lowest BCUT2D eigenvalue weighted by Gasteiger charge is -1.95. The molecule has 0 rings (SSSR count). The van der Waals surface area contributed by atoms with Gasteiger partial charge in [-0.15, -0.1) is 0 Å². The number of allylic oxidation sites excluding steroid dienone is 2. The van der Waals surface area contributed by atoms with Gasteiger partial charge in [0.05, 0.1) is 5.76 Å². The maximum absolute atomic E-state index is 9.12. The molecule has 59 valence electrons. The molecule has 0 aromatic rings. The molecular formula is C9H17O. The Morgan fingerprint density at radius 2 is 1.80 bits per heavy atom. The summed E-state index contributed by atoms with van der Waals surface area (Å²) in [6.07, 6.45) is 7.90. The predicted molar refractivity (Wildman–Crippen MR) is 44.8 cm³/mol. The van der Waals surface area contributed by atoms with Gasteiger partial charge in [0.15, 0.2) is 0 Å². The highest BCUT2D eigenvalue weighted by Crippen LogP contribution is 2.03. The van der Waals surface area contributed by atoms with Crippen molar-refractivity contribution in [3.05, 3.63) is 18.3 Å². The standard InChI is InChI=1S/C9H17O/c1-3-5-7-9(10)8-6-4-2/h7-8,10H,3-6H2,1-2H3/b9-7-. The van der Waals surface area contributed by atoms with Crippen LogP contribution in [0.25, 0.3) is 0 Å². The van der Waals surface area contributed by atoms with Gasteiger partial charge in [0.25, 0.3) is 0 Å². The van der Waals surface area contributed by atoms with E-state index in [1.807, 2.05) is 12.5 Å². The number of unbranched alkanes of at least 4 members (excludes halogenated alkanes) is 2. The van der Waals surface area contributed by atoms with Crippen molar-refractivity contribution in [3.8, 4) is 0 Å². The van der Waals surface area contributed by atoms with Gasteiger partial charge in [0, 0.05) is 6.42 Å². The fourth-order valence-electron chi connectivity index (χ4n) is 0.668. The topological polar surface area (TPSA) is 20.2 Å². The molecule has 10 heavy (non-hydrogen) atoms. The van der Waals surface area contributed by atoms with Crippen LogP contribution in [-0.2, 0) is 0 Å². The van der Waals surface area contributed by atoms with E-state index >= 15 is 0 Å². The lowest BCUT2D eigenvalue weighted by molar-refractivity contribution is 0.413. The van der Waals surface area contributed by atoms with Crippen LogP contribution in [0.3, 0.4) is 0 Å². The quantitative estimate of drug-likeness (QED) is 0.583. The van der Waals surface area contributed by atoms with E-state index in [0.29, 0.717) is 5.76 Å². The first-order valence-corrected chi connectivity index (χ1v) is 4.03. The zero-order valence-corrected chi connectivity index (χ0v) is 6.93. The lowest BCUT2D eigenvalue weighted by atomic mass is 10.2. The average Bonchev–Trinajstić information content (AvgIpc) is 1.97. The van der Waals surface area contributed by atoms with Gasteiger partial charge in [0.1, 0.15) is 0 Å². The van der Waals surface area contributed by atoms with Gasteiger partial charge < -0.3 is 5.11 Å². The van der Waals surface area contributed by atoms with Crippen molar-refractivity contribution in [1.82, 2.24) is 0 Å². The molecule has 1 heteroatoms. The molecule has 0 aliphatic carbocycles. The molecule has 0 fully saturated rings. The van der Waals surface area contributed by atoms with Crippen LogP contribution in [0.5, 0.6) is 0 Å². The maximum Gasteiger partial charge on any atom is 0.0920 e. The van der Waals surface area contributed by atoms with E-state index in [9.17, 15) is 0 Å². The first-order valence-electron chi connectivity index (χ1n) is 4.03. The summed E-state index contributed by atoms with van der Waals surface area (Å²) in [6, 6.07) is 0. The Bertz CT molecular complexity index is 94.9. The van der Waals surface area contributed by atoms with Crippen LogP contribution in [0.2, 0.25) is 0 Å². The van der Waals surface area contributed by atoms with Crippen LogP contribution in [0, 0.1) is 6.42 Å². The summed E-state index contributed by atoms with van der Waals surface area (Å²) < 4.78 is 0. The molecule has 0 amide bonds. The molecule has 0 atom stereocenters. The van der Waals surface area contributed by atoms with Gasteiger partial charge >= 0.3 is 0 Å². The molecule has 1 N–H and O–H groups in total. The molecule has 0 heterocycles. The second kappa shape index (κ2) is 6.66. The Morgan fingerprint density at radius 3 is 2.30 bits per heavy atom. The van der Waals surface area contributed by atoms with Crippen LogP contribution in [-0.4, -0.2) is 5.11 Å². The summed E-state index contributed by atoms with van der Waals surface area (Å²) in [5.41, 5.74) is 0. The fourth-order valence-corrected chi connectivity index (χ4v) is 0.668. The highest BCUT2D eigenvalue weighted by molar-refractivity contribution is 5.02. The van der Waals surface area contributed by atoms with E-state index in [4.69, 9.17) is 5.11 Å². The van der Waals surface area contributed by atoms with Crippen molar-refractivity contribution in [2.24, 2.45) is 0 Å². The summed E-state index contributed by atoms with van der Waals surface area (Å²) in [4.78, 5) is 0. The summed E-state index contributed by atoms with van der Waals surface area (Å²) in [7, 11) is 0. The van der Waals surface area contributed by atoms with E-state index in [1.165, 1.54) is 0 Å². The average molecular weight is 141 g/mol. The van der Waals surface area contributed by atoms with Gasteiger partial charge in [0.2, 0.25) is 0 Å². The predicted octanol–water partition coefficient (Wildman–Crippen LogP) is 3.23. The maximum atomic E-state index is 9.12. The minimum Gasteiger partial charge on any atom is -0.512 e. The molecule has 0 saturated heterocycles. The first-order chi connectivity index (χ1) is 4.81. The van der Waals surface area contributed by atoms with Crippen LogP contribution in [0.4, 0.5) is 0 Å². The smallest absolute Gasteiger partial charge is 0.0920 e. The minimum absolute atomic E-state index is 0.448. The number of rotatable bonds is 5. The summed E-state index contributed by atoms with van der Waals surface area (Å²) in [6.45, 7) is 4.20. The van der Waals surface area contributed by atoms with E-state index < -0.39 is 0 Å². The van der Waals surface area contributed by atoms with Gasteiger partial charge in [-0.05, 0) is 18.9 Å². The lowest BCUT2D eigenvalue weighted by Crippen LogP contribution is -1.82. The molecule has 1 radical (unpaired) electrons. The molecule has 0 saturated carbocycles. The Hall–Kier alpha value is -0.460. The molecule has 0 bridgehead atoms. The van der Waals surface area contributed by atoms with Gasteiger partial charge in [-0.3, -0.25) is 0 Å². The van der Waals surface area contributed by atoms with Crippen LogP contribution < -0.4 is 0 Å². The SMILES string of the molecule is CCC[CH]/C(O)=C/CCC. The zero-order valence-electron chi connectivity index (χ0n) is 6.93. The number of aliphatic hydroxyl groups excluding tert-OH is 1. The van der Waals surface area contributed by atoms with Crippen molar-refractivity contribution >= 4 is 0 Å². The second-order valence-corrected chi connectivity index (χ2v) is 2.41. The van der Waals surface area contributed by atoms with E-state index in [1.54, 1.807) is 0 Å². The van der Waals surface area contributed by atoms with E-state index in [-0.39, 0.29) is 0 Å². The largest absolute Gasteiger partial charge is 0.512 e. The molecular weight excluding hydrogens is 124 g/mol. The monoisotopic (exact) mass is 141 g/mol. The third-order valence-corrected chi connectivity index (χ3v) is 1.28. The van der Waals surface area contributed by atoms with Crippen molar-refractivity contribution in [1.29, 1.82) is 0 Å².